The second kappa shape index (κ2) is 9.16. The van der Waals surface area contributed by atoms with Gasteiger partial charge in [0.1, 0.15) is 5.82 Å². The summed E-state index contributed by atoms with van der Waals surface area (Å²) in [6.45, 7) is 3.82. The number of anilines is 1. The Morgan fingerprint density at radius 1 is 1.57 bits per heavy atom. The molecular formula is C14H19ClN4O2. The van der Waals surface area contributed by atoms with E-state index in [-0.39, 0.29) is 12.3 Å². The van der Waals surface area contributed by atoms with Crippen LogP contribution in [0.4, 0.5) is 5.82 Å². The molecule has 7 heteroatoms. The van der Waals surface area contributed by atoms with Gasteiger partial charge in [-0.05, 0) is 13.0 Å². The molecular weight excluding hydrogens is 292 g/mol. The van der Waals surface area contributed by atoms with Crippen LogP contribution in [-0.2, 0) is 4.74 Å². The predicted octanol–water partition coefficient (Wildman–Crippen LogP) is 2.17. The fourth-order valence-corrected chi connectivity index (χ4v) is 1.97. The zero-order valence-electron chi connectivity index (χ0n) is 12.2. The Bertz CT molecular complexity index is 516. The van der Waals surface area contributed by atoms with Gasteiger partial charge in [-0.1, -0.05) is 11.6 Å². The van der Waals surface area contributed by atoms with Crippen LogP contribution in [0.15, 0.2) is 12.3 Å². The zero-order chi connectivity index (χ0) is 15.7. The maximum Gasteiger partial charge on any atom is 0.255 e. The lowest BCUT2D eigenvalue weighted by Crippen LogP contribution is -2.34. The van der Waals surface area contributed by atoms with E-state index >= 15 is 0 Å². The Balaban J connectivity index is 2.87. The molecule has 114 valence electrons. The van der Waals surface area contributed by atoms with Gasteiger partial charge >= 0.3 is 0 Å². The number of hydrogen-bond donors (Lipinski definition) is 1. The number of nitrogens with one attached hydrogen (secondary N) is 1. The minimum atomic E-state index is -0.209. The second-order valence-electron chi connectivity index (χ2n) is 4.28. The van der Waals surface area contributed by atoms with E-state index in [1.807, 2.05) is 13.0 Å². The summed E-state index contributed by atoms with van der Waals surface area (Å²) < 4.78 is 4.98. The third-order valence-electron chi connectivity index (χ3n) is 2.78. The zero-order valence-corrected chi connectivity index (χ0v) is 13.0. The fraction of sp³-hybridized carbons (Fsp3) is 0.500. The van der Waals surface area contributed by atoms with E-state index in [9.17, 15) is 4.79 Å². The summed E-state index contributed by atoms with van der Waals surface area (Å²) in [6, 6.07) is 3.62. The van der Waals surface area contributed by atoms with Crippen LogP contribution < -0.4 is 5.32 Å². The number of halogens is 1. The first-order valence-electron chi connectivity index (χ1n) is 6.68. The van der Waals surface area contributed by atoms with E-state index in [1.165, 1.54) is 6.20 Å². The fourth-order valence-electron chi connectivity index (χ4n) is 1.74. The molecule has 1 aromatic rings. The van der Waals surface area contributed by atoms with Crippen molar-refractivity contribution in [2.75, 3.05) is 38.7 Å². The van der Waals surface area contributed by atoms with E-state index < -0.39 is 0 Å². The summed E-state index contributed by atoms with van der Waals surface area (Å²) in [5.41, 5.74) is 0.399. The van der Waals surface area contributed by atoms with Gasteiger partial charge in [-0.15, -0.1) is 0 Å². The minimum Gasteiger partial charge on any atom is -0.383 e. The van der Waals surface area contributed by atoms with Crippen LogP contribution in [0.1, 0.15) is 23.7 Å². The minimum absolute atomic E-state index is 0.209. The number of amides is 1. The molecule has 1 aromatic heterocycles. The van der Waals surface area contributed by atoms with Gasteiger partial charge < -0.3 is 15.0 Å². The first-order chi connectivity index (χ1) is 10.1. The van der Waals surface area contributed by atoms with E-state index in [0.29, 0.717) is 42.6 Å². The number of ether oxygens (including phenoxy) is 1. The van der Waals surface area contributed by atoms with Gasteiger partial charge in [-0.25, -0.2) is 4.98 Å². The highest BCUT2D eigenvalue weighted by molar-refractivity contribution is 6.33. The van der Waals surface area contributed by atoms with E-state index in [4.69, 9.17) is 21.6 Å². The molecule has 0 aliphatic rings. The largest absolute Gasteiger partial charge is 0.383 e. The van der Waals surface area contributed by atoms with Gasteiger partial charge in [0.05, 0.1) is 29.7 Å². The number of methoxy groups -OCH3 is 1. The lowest BCUT2D eigenvalue weighted by molar-refractivity contribution is 0.0699. The van der Waals surface area contributed by atoms with Crippen LogP contribution in [0.5, 0.6) is 0 Å². The third-order valence-corrected chi connectivity index (χ3v) is 3.07. The Labute approximate surface area is 129 Å². The van der Waals surface area contributed by atoms with Crippen molar-refractivity contribution < 1.29 is 9.53 Å². The Morgan fingerprint density at radius 3 is 2.90 bits per heavy atom. The number of hydrogen-bond acceptors (Lipinski definition) is 5. The normalized spacial score (nSPS) is 10.0. The highest BCUT2D eigenvalue weighted by atomic mass is 35.5. The number of aromatic nitrogens is 1. The summed E-state index contributed by atoms with van der Waals surface area (Å²) in [6.07, 6.45) is 1.75. The van der Waals surface area contributed by atoms with Crippen molar-refractivity contribution in [3.05, 3.63) is 22.8 Å². The molecule has 1 rings (SSSR count). The molecule has 0 bridgehead atoms. The molecule has 0 atom stereocenters. The van der Waals surface area contributed by atoms with Gasteiger partial charge in [0.2, 0.25) is 0 Å². The lowest BCUT2D eigenvalue weighted by Gasteiger charge is -2.21. The summed E-state index contributed by atoms with van der Waals surface area (Å²) in [7, 11) is 1.57. The van der Waals surface area contributed by atoms with Crippen LogP contribution in [0, 0.1) is 11.3 Å². The van der Waals surface area contributed by atoms with Gasteiger partial charge in [0, 0.05) is 32.9 Å². The van der Waals surface area contributed by atoms with Gasteiger partial charge in [0.25, 0.3) is 5.91 Å². The van der Waals surface area contributed by atoms with Crippen molar-refractivity contribution >= 4 is 23.3 Å². The molecule has 0 fully saturated rings. The van der Waals surface area contributed by atoms with Crippen molar-refractivity contribution in [1.82, 2.24) is 9.88 Å². The lowest BCUT2D eigenvalue weighted by atomic mass is 10.2. The molecule has 0 aromatic carbocycles. The summed E-state index contributed by atoms with van der Waals surface area (Å²) in [5, 5.41) is 12.1. The standard InChI is InChI=1S/C14H19ClN4O2/c1-3-17-13-12(15)9-11(10-18-13)14(20)19(6-4-5-16)7-8-21-2/h9-10H,3-4,6-8H2,1-2H3,(H,17,18). The number of rotatable bonds is 8. The van der Waals surface area contributed by atoms with Crippen LogP contribution >= 0.6 is 11.6 Å². The monoisotopic (exact) mass is 310 g/mol. The molecule has 0 saturated heterocycles. The molecule has 0 aliphatic heterocycles. The average molecular weight is 311 g/mol. The van der Waals surface area contributed by atoms with Crippen molar-refractivity contribution in [1.29, 1.82) is 5.26 Å². The molecule has 0 spiro atoms. The van der Waals surface area contributed by atoms with Crippen molar-refractivity contribution in [3.63, 3.8) is 0 Å². The highest BCUT2D eigenvalue weighted by Crippen LogP contribution is 2.20. The number of carbonyl (C=O) groups is 1. The van der Waals surface area contributed by atoms with Gasteiger partial charge in [-0.2, -0.15) is 5.26 Å². The molecule has 0 saturated carbocycles. The van der Waals surface area contributed by atoms with E-state index in [0.717, 1.165) is 0 Å². The number of carbonyl (C=O) groups excluding carboxylic acids is 1. The predicted molar refractivity (Wildman–Crippen MR) is 81.4 cm³/mol. The molecule has 1 amide bonds. The quantitative estimate of drug-likeness (QED) is 0.796. The van der Waals surface area contributed by atoms with Crippen LogP contribution in [-0.4, -0.2) is 49.1 Å². The van der Waals surface area contributed by atoms with Crippen LogP contribution in [0.3, 0.4) is 0 Å². The maximum absolute atomic E-state index is 12.4. The maximum atomic E-state index is 12.4. The second-order valence-corrected chi connectivity index (χ2v) is 4.69. The topological polar surface area (TPSA) is 78.3 Å². The number of nitrogens with zero attached hydrogens (tertiary/aromatic N) is 3. The van der Waals surface area contributed by atoms with Gasteiger partial charge in [0.15, 0.2) is 0 Å². The smallest absolute Gasteiger partial charge is 0.255 e. The number of nitriles is 1. The Kier molecular flexibility index (Phi) is 7.51. The Morgan fingerprint density at radius 2 is 2.33 bits per heavy atom. The summed E-state index contributed by atoms with van der Waals surface area (Å²) in [4.78, 5) is 18.1. The Hall–Kier alpha value is -1.84. The van der Waals surface area contributed by atoms with Crippen LogP contribution in [0.25, 0.3) is 0 Å². The first kappa shape index (κ1) is 17.2. The van der Waals surface area contributed by atoms with Gasteiger partial charge in [-0.3, -0.25) is 4.79 Å². The number of pyridine rings is 1. The molecule has 1 N–H and O–H groups in total. The molecule has 1 heterocycles. The first-order valence-corrected chi connectivity index (χ1v) is 7.06. The van der Waals surface area contributed by atoms with E-state index in [2.05, 4.69) is 10.3 Å². The third kappa shape index (κ3) is 5.21. The van der Waals surface area contributed by atoms with Crippen molar-refractivity contribution in [3.8, 4) is 6.07 Å². The van der Waals surface area contributed by atoms with Crippen molar-refractivity contribution in [2.24, 2.45) is 0 Å². The summed E-state index contributed by atoms with van der Waals surface area (Å²) in [5.74, 6) is 0.343. The molecule has 0 radical (unpaired) electrons. The van der Waals surface area contributed by atoms with E-state index in [1.54, 1.807) is 18.1 Å². The molecule has 0 unspecified atom stereocenters. The molecule has 6 nitrogen and oxygen atoms in total. The SMILES string of the molecule is CCNc1ncc(C(=O)N(CCC#N)CCOC)cc1Cl. The van der Waals surface area contributed by atoms with Crippen LogP contribution in [0.2, 0.25) is 5.02 Å². The molecule has 0 aliphatic carbocycles. The molecule has 21 heavy (non-hydrogen) atoms. The summed E-state index contributed by atoms with van der Waals surface area (Å²) >= 11 is 6.09. The highest BCUT2D eigenvalue weighted by Gasteiger charge is 2.17. The average Bonchev–Trinajstić information content (AvgIpc) is 2.49. The van der Waals surface area contributed by atoms with Crippen molar-refractivity contribution in [2.45, 2.75) is 13.3 Å².